The van der Waals surface area contributed by atoms with Crippen molar-refractivity contribution in [2.75, 3.05) is 6.54 Å². The molecule has 4 nitrogen and oxygen atoms in total. The van der Waals surface area contributed by atoms with E-state index in [-0.39, 0.29) is 12.1 Å². The van der Waals surface area contributed by atoms with Crippen molar-refractivity contribution in [3.05, 3.63) is 71.5 Å². The van der Waals surface area contributed by atoms with E-state index in [1.165, 1.54) is 18.2 Å². The van der Waals surface area contributed by atoms with Gasteiger partial charge in [0.2, 0.25) is 0 Å². The minimum absolute atomic E-state index is 0.102. The van der Waals surface area contributed by atoms with E-state index in [1.54, 1.807) is 36.4 Å². The molecule has 5 heteroatoms. The van der Waals surface area contributed by atoms with Crippen LogP contribution < -0.4 is 5.32 Å². The summed E-state index contributed by atoms with van der Waals surface area (Å²) in [5.41, 5.74) is 0.480. The van der Waals surface area contributed by atoms with Gasteiger partial charge in [-0.15, -0.1) is 0 Å². The van der Waals surface area contributed by atoms with Gasteiger partial charge in [0.25, 0.3) is 5.91 Å². The monoisotopic (exact) mass is 287 g/mol. The number of amides is 1. The summed E-state index contributed by atoms with van der Waals surface area (Å²) in [5, 5.41) is 11.7. The van der Waals surface area contributed by atoms with Crippen molar-refractivity contribution in [3.8, 4) is 0 Å². The number of nitrogens with one attached hydrogen (secondary N) is 1. The van der Waals surface area contributed by atoms with Gasteiger partial charge in [-0.2, -0.15) is 0 Å². The first-order valence-electron chi connectivity index (χ1n) is 6.40. The van der Waals surface area contributed by atoms with Crippen molar-refractivity contribution >= 4 is 11.9 Å². The van der Waals surface area contributed by atoms with Gasteiger partial charge in [-0.25, -0.2) is 4.39 Å². The van der Waals surface area contributed by atoms with Crippen LogP contribution in [0.1, 0.15) is 21.8 Å². The van der Waals surface area contributed by atoms with E-state index in [2.05, 4.69) is 5.32 Å². The molecule has 2 rings (SSSR count). The second-order valence-electron chi connectivity index (χ2n) is 4.49. The zero-order chi connectivity index (χ0) is 15.2. The summed E-state index contributed by atoms with van der Waals surface area (Å²) in [6, 6.07) is 14.1. The fraction of sp³-hybridized carbons (Fsp3) is 0.125. The molecule has 2 aromatic carbocycles. The van der Waals surface area contributed by atoms with E-state index in [9.17, 15) is 19.1 Å². The molecular formula is C16H14FNO3. The van der Waals surface area contributed by atoms with E-state index in [1.807, 2.05) is 0 Å². The molecule has 0 fully saturated rings. The van der Waals surface area contributed by atoms with E-state index in [0.29, 0.717) is 5.56 Å². The first-order valence-corrected chi connectivity index (χ1v) is 6.40. The van der Waals surface area contributed by atoms with Crippen molar-refractivity contribution < 1.29 is 19.1 Å². The number of carboxylic acids is 1. The SMILES string of the molecule is O=C(NCC(C(=O)O)c1ccccc1)c1ccccc1F. The smallest absolute Gasteiger partial charge is 0.312 e. The lowest BCUT2D eigenvalue weighted by atomic mass is 9.99. The van der Waals surface area contributed by atoms with Gasteiger partial charge in [-0.3, -0.25) is 9.59 Å². The van der Waals surface area contributed by atoms with Gasteiger partial charge >= 0.3 is 5.97 Å². The van der Waals surface area contributed by atoms with Crippen molar-refractivity contribution in [1.82, 2.24) is 5.32 Å². The van der Waals surface area contributed by atoms with Crippen LogP contribution in [0.15, 0.2) is 54.6 Å². The highest BCUT2D eigenvalue weighted by atomic mass is 19.1. The first-order chi connectivity index (χ1) is 10.1. The Morgan fingerprint density at radius 1 is 1.05 bits per heavy atom. The number of hydrogen-bond acceptors (Lipinski definition) is 2. The van der Waals surface area contributed by atoms with Crippen molar-refractivity contribution in [1.29, 1.82) is 0 Å². The quantitative estimate of drug-likeness (QED) is 0.887. The maximum absolute atomic E-state index is 13.5. The fourth-order valence-electron chi connectivity index (χ4n) is 1.97. The zero-order valence-corrected chi connectivity index (χ0v) is 11.1. The predicted octanol–water partition coefficient (Wildman–Crippen LogP) is 2.42. The Kier molecular flexibility index (Phi) is 4.66. The van der Waals surface area contributed by atoms with Crippen LogP contribution >= 0.6 is 0 Å². The summed E-state index contributed by atoms with van der Waals surface area (Å²) in [6.45, 7) is -0.105. The number of hydrogen-bond donors (Lipinski definition) is 2. The summed E-state index contributed by atoms with van der Waals surface area (Å²) in [6.07, 6.45) is 0. The van der Waals surface area contributed by atoms with Gasteiger partial charge in [0.1, 0.15) is 5.82 Å². The lowest BCUT2D eigenvalue weighted by Gasteiger charge is -2.14. The Balaban J connectivity index is 2.08. The Morgan fingerprint density at radius 2 is 1.67 bits per heavy atom. The third kappa shape index (κ3) is 3.66. The maximum Gasteiger partial charge on any atom is 0.312 e. The van der Waals surface area contributed by atoms with Crippen molar-refractivity contribution in [2.45, 2.75) is 5.92 Å². The molecule has 0 aromatic heterocycles. The second kappa shape index (κ2) is 6.65. The number of benzene rings is 2. The summed E-state index contributed by atoms with van der Waals surface area (Å²) >= 11 is 0. The van der Waals surface area contributed by atoms with Gasteiger partial charge in [0.15, 0.2) is 0 Å². The summed E-state index contributed by atoms with van der Waals surface area (Å²) < 4.78 is 13.5. The summed E-state index contributed by atoms with van der Waals surface area (Å²) in [7, 11) is 0. The number of carbonyl (C=O) groups is 2. The van der Waals surface area contributed by atoms with Gasteiger partial charge in [-0.05, 0) is 17.7 Å². The van der Waals surface area contributed by atoms with Gasteiger partial charge < -0.3 is 10.4 Å². The largest absolute Gasteiger partial charge is 0.481 e. The molecule has 0 radical (unpaired) electrons. The molecule has 21 heavy (non-hydrogen) atoms. The zero-order valence-electron chi connectivity index (χ0n) is 11.1. The number of halogens is 1. The van der Waals surface area contributed by atoms with Crippen LogP contribution in [0.3, 0.4) is 0 Å². The third-order valence-corrected chi connectivity index (χ3v) is 3.09. The molecule has 1 atom stereocenters. The molecule has 108 valence electrons. The van der Waals surface area contributed by atoms with Crippen LogP contribution in [0.2, 0.25) is 0 Å². The minimum Gasteiger partial charge on any atom is -0.481 e. The number of aliphatic carboxylic acids is 1. The van der Waals surface area contributed by atoms with Gasteiger partial charge in [-0.1, -0.05) is 42.5 Å². The average Bonchev–Trinajstić information content (AvgIpc) is 2.48. The van der Waals surface area contributed by atoms with Crippen molar-refractivity contribution in [2.24, 2.45) is 0 Å². The highest BCUT2D eigenvalue weighted by Crippen LogP contribution is 2.15. The molecule has 0 saturated heterocycles. The number of carbonyl (C=O) groups excluding carboxylic acids is 1. The molecule has 0 aliphatic carbocycles. The van der Waals surface area contributed by atoms with E-state index in [4.69, 9.17) is 0 Å². The van der Waals surface area contributed by atoms with Crippen LogP contribution in [0.25, 0.3) is 0 Å². The average molecular weight is 287 g/mol. The molecule has 2 N–H and O–H groups in total. The highest BCUT2D eigenvalue weighted by Gasteiger charge is 2.21. The topological polar surface area (TPSA) is 66.4 Å². The second-order valence-corrected chi connectivity index (χ2v) is 4.49. The van der Waals surface area contributed by atoms with Crippen LogP contribution in [0, 0.1) is 5.82 Å². The van der Waals surface area contributed by atoms with Crippen LogP contribution in [-0.2, 0) is 4.79 Å². The summed E-state index contributed by atoms with van der Waals surface area (Å²) in [5.74, 6) is -3.19. The van der Waals surface area contributed by atoms with Crippen LogP contribution in [0.4, 0.5) is 4.39 Å². The van der Waals surface area contributed by atoms with Crippen molar-refractivity contribution in [3.63, 3.8) is 0 Å². The molecule has 0 bridgehead atoms. The van der Waals surface area contributed by atoms with E-state index < -0.39 is 23.6 Å². The lowest BCUT2D eigenvalue weighted by molar-refractivity contribution is -0.138. The molecule has 0 heterocycles. The normalized spacial score (nSPS) is 11.7. The highest BCUT2D eigenvalue weighted by molar-refractivity contribution is 5.94. The number of rotatable bonds is 5. The maximum atomic E-state index is 13.5. The fourth-order valence-corrected chi connectivity index (χ4v) is 1.97. The summed E-state index contributed by atoms with van der Waals surface area (Å²) in [4.78, 5) is 23.2. The Bertz CT molecular complexity index is 643. The van der Waals surface area contributed by atoms with Crippen LogP contribution in [-0.4, -0.2) is 23.5 Å². The molecule has 0 spiro atoms. The molecular weight excluding hydrogens is 273 g/mol. The molecule has 2 aromatic rings. The molecule has 0 aliphatic rings. The lowest BCUT2D eigenvalue weighted by Crippen LogP contribution is -2.32. The third-order valence-electron chi connectivity index (χ3n) is 3.09. The van der Waals surface area contributed by atoms with Gasteiger partial charge in [0, 0.05) is 6.54 Å². The first kappa shape index (κ1) is 14.7. The molecule has 1 unspecified atom stereocenters. The van der Waals surface area contributed by atoms with E-state index in [0.717, 1.165) is 0 Å². The minimum atomic E-state index is -1.05. The van der Waals surface area contributed by atoms with Crippen LogP contribution in [0.5, 0.6) is 0 Å². The van der Waals surface area contributed by atoms with Gasteiger partial charge in [0.05, 0.1) is 11.5 Å². The Labute approximate surface area is 121 Å². The number of carboxylic acid groups (broad SMARTS) is 1. The Hall–Kier alpha value is -2.69. The molecule has 1 amide bonds. The standard InChI is InChI=1S/C16H14FNO3/c17-14-9-5-4-8-12(14)15(19)18-10-13(16(20)21)11-6-2-1-3-7-11/h1-9,13H,10H2,(H,18,19)(H,20,21). The molecule has 0 aliphatic heterocycles. The van der Waals surface area contributed by atoms with E-state index >= 15 is 0 Å². The predicted molar refractivity (Wildman–Crippen MR) is 75.6 cm³/mol. The molecule has 0 saturated carbocycles. The Morgan fingerprint density at radius 3 is 2.29 bits per heavy atom.